The summed E-state index contributed by atoms with van der Waals surface area (Å²) < 4.78 is 11.1. The van der Waals surface area contributed by atoms with Gasteiger partial charge in [0.05, 0.1) is 13.2 Å². The minimum Gasteiger partial charge on any atom is -0.497 e. The average Bonchev–Trinajstić information content (AvgIpc) is 2.71. The van der Waals surface area contributed by atoms with E-state index in [4.69, 9.17) is 9.47 Å². The summed E-state index contributed by atoms with van der Waals surface area (Å²) in [5, 5.41) is 5.31. The van der Waals surface area contributed by atoms with Crippen molar-refractivity contribution in [2.75, 3.05) is 7.11 Å². The summed E-state index contributed by atoms with van der Waals surface area (Å²) >= 11 is 0. The largest absolute Gasteiger partial charge is 0.497 e. The van der Waals surface area contributed by atoms with Gasteiger partial charge in [-0.05, 0) is 53.9 Å². The van der Waals surface area contributed by atoms with Gasteiger partial charge in [-0.2, -0.15) is 0 Å². The highest BCUT2D eigenvalue weighted by Gasteiger charge is 2.19. The van der Waals surface area contributed by atoms with Crippen LogP contribution in [0.15, 0.2) is 66.7 Å². The van der Waals surface area contributed by atoms with E-state index in [1.165, 1.54) is 0 Å². The van der Waals surface area contributed by atoms with E-state index in [1.54, 1.807) is 14.0 Å². The van der Waals surface area contributed by atoms with Gasteiger partial charge in [0.15, 0.2) is 6.10 Å². The molecular formula is C23H25NO3. The molecule has 2 atom stereocenters. The molecule has 0 fully saturated rings. The minimum atomic E-state index is -0.585. The Morgan fingerprint density at radius 2 is 1.63 bits per heavy atom. The number of benzene rings is 3. The Labute approximate surface area is 160 Å². The molecular weight excluding hydrogens is 338 g/mol. The van der Waals surface area contributed by atoms with Gasteiger partial charge in [-0.1, -0.05) is 49.4 Å². The molecule has 0 heterocycles. The van der Waals surface area contributed by atoms with Crippen LogP contribution in [0.2, 0.25) is 0 Å². The second-order valence-corrected chi connectivity index (χ2v) is 6.51. The molecule has 0 aromatic heterocycles. The van der Waals surface area contributed by atoms with Crippen LogP contribution < -0.4 is 14.8 Å². The first-order valence-electron chi connectivity index (χ1n) is 9.20. The van der Waals surface area contributed by atoms with Gasteiger partial charge in [-0.3, -0.25) is 4.79 Å². The molecule has 4 heteroatoms. The van der Waals surface area contributed by atoms with Crippen molar-refractivity contribution in [1.82, 2.24) is 5.32 Å². The lowest BCUT2D eigenvalue weighted by Gasteiger charge is -2.21. The molecule has 0 aliphatic heterocycles. The maximum Gasteiger partial charge on any atom is 0.261 e. The van der Waals surface area contributed by atoms with Crippen molar-refractivity contribution in [2.45, 2.75) is 32.4 Å². The van der Waals surface area contributed by atoms with Gasteiger partial charge in [0.25, 0.3) is 5.91 Å². The number of rotatable bonds is 7. The molecule has 3 aromatic rings. The van der Waals surface area contributed by atoms with Crippen molar-refractivity contribution < 1.29 is 14.3 Å². The van der Waals surface area contributed by atoms with E-state index in [0.717, 1.165) is 28.5 Å². The molecule has 0 bridgehead atoms. The first-order chi connectivity index (χ1) is 13.1. The standard InChI is InChI=1S/C23H25NO3/c1-4-22(18-10-12-20(26-3)13-11-18)24-23(25)16(2)27-21-14-9-17-7-5-6-8-19(17)15-21/h5-16,22H,4H2,1-3H3,(H,24,25)/t16-,22+/m0/s1. The molecule has 27 heavy (non-hydrogen) atoms. The average molecular weight is 363 g/mol. The molecule has 0 aliphatic rings. The third-order valence-electron chi connectivity index (χ3n) is 4.65. The van der Waals surface area contributed by atoms with E-state index in [9.17, 15) is 4.79 Å². The van der Waals surface area contributed by atoms with E-state index in [1.807, 2.05) is 67.6 Å². The Morgan fingerprint density at radius 1 is 0.963 bits per heavy atom. The van der Waals surface area contributed by atoms with Crippen LogP contribution in [-0.4, -0.2) is 19.1 Å². The summed E-state index contributed by atoms with van der Waals surface area (Å²) in [6.07, 6.45) is 0.208. The van der Waals surface area contributed by atoms with Crippen LogP contribution >= 0.6 is 0 Å². The van der Waals surface area contributed by atoms with Crippen molar-refractivity contribution in [3.8, 4) is 11.5 Å². The van der Waals surface area contributed by atoms with Gasteiger partial charge >= 0.3 is 0 Å². The molecule has 0 radical (unpaired) electrons. The Hall–Kier alpha value is -3.01. The predicted octanol–water partition coefficient (Wildman–Crippen LogP) is 4.88. The Bertz CT molecular complexity index is 905. The summed E-state index contributed by atoms with van der Waals surface area (Å²) in [7, 11) is 1.64. The zero-order valence-corrected chi connectivity index (χ0v) is 15.9. The first kappa shape index (κ1) is 18.8. The fourth-order valence-corrected chi connectivity index (χ4v) is 3.04. The van der Waals surface area contributed by atoms with Crippen LogP contribution in [0.4, 0.5) is 0 Å². The van der Waals surface area contributed by atoms with E-state index in [-0.39, 0.29) is 11.9 Å². The topological polar surface area (TPSA) is 47.6 Å². The maximum absolute atomic E-state index is 12.6. The summed E-state index contributed by atoms with van der Waals surface area (Å²) in [6, 6.07) is 21.6. The van der Waals surface area contributed by atoms with Gasteiger partial charge in [-0.15, -0.1) is 0 Å². The first-order valence-corrected chi connectivity index (χ1v) is 9.20. The molecule has 0 saturated carbocycles. The van der Waals surface area contributed by atoms with Crippen LogP contribution in [0.25, 0.3) is 10.8 Å². The third kappa shape index (κ3) is 4.59. The number of nitrogens with one attached hydrogen (secondary N) is 1. The number of ether oxygens (including phenoxy) is 2. The number of amides is 1. The summed E-state index contributed by atoms with van der Waals surface area (Å²) in [6.45, 7) is 3.81. The molecule has 1 amide bonds. The van der Waals surface area contributed by atoms with Gasteiger partial charge < -0.3 is 14.8 Å². The van der Waals surface area contributed by atoms with E-state index >= 15 is 0 Å². The van der Waals surface area contributed by atoms with Crippen LogP contribution in [0, 0.1) is 0 Å². The smallest absolute Gasteiger partial charge is 0.261 e. The van der Waals surface area contributed by atoms with Crippen LogP contribution in [0.5, 0.6) is 11.5 Å². The molecule has 0 unspecified atom stereocenters. The number of carbonyl (C=O) groups is 1. The highest BCUT2D eigenvalue weighted by Crippen LogP contribution is 2.23. The lowest BCUT2D eigenvalue weighted by Crippen LogP contribution is -2.38. The summed E-state index contributed by atoms with van der Waals surface area (Å²) in [5.41, 5.74) is 1.05. The molecule has 1 N–H and O–H groups in total. The maximum atomic E-state index is 12.6. The van der Waals surface area contributed by atoms with Crippen molar-refractivity contribution in [3.05, 3.63) is 72.3 Å². The van der Waals surface area contributed by atoms with Crippen molar-refractivity contribution in [1.29, 1.82) is 0 Å². The van der Waals surface area contributed by atoms with Gasteiger partial charge in [-0.25, -0.2) is 0 Å². The Kier molecular flexibility index (Phi) is 5.97. The fourth-order valence-electron chi connectivity index (χ4n) is 3.04. The molecule has 3 aromatic carbocycles. The predicted molar refractivity (Wildman–Crippen MR) is 108 cm³/mol. The minimum absolute atomic E-state index is 0.0638. The van der Waals surface area contributed by atoms with Crippen LogP contribution in [0.1, 0.15) is 31.9 Å². The molecule has 0 aliphatic carbocycles. The van der Waals surface area contributed by atoms with E-state index in [0.29, 0.717) is 5.75 Å². The SMILES string of the molecule is CC[C@@H](NC(=O)[C@H](C)Oc1ccc2ccccc2c1)c1ccc(OC)cc1. The molecule has 0 saturated heterocycles. The Balaban J connectivity index is 1.65. The zero-order chi connectivity index (χ0) is 19.2. The van der Waals surface area contributed by atoms with Gasteiger partial charge in [0.2, 0.25) is 0 Å². The van der Waals surface area contributed by atoms with Crippen LogP contribution in [0.3, 0.4) is 0 Å². The van der Waals surface area contributed by atoms with Crippen molar-refractivity contribution in [3.63, 3.8) is 0 Å². The second-order valence-electron chi connectivity index (χ2n) is 6.51. The highest BCUT2D eigenvalue weighted by atomic mass is 16.5. The van der Waals surface area contributed by atoms with Gasteiger partial charge in [0, 0.05) is 0 Å². The molecule has 0 spiro atoms. The molecule has 3 rings (SSSR count). The van der Waals surface area contributed by atoms with Gasteiger partial charge in [0.1, 0.15) is 11.5 Å². The number of fused-ring (bicyclic) bond motifs is 1. The Morgan fingerprint density at radius 3 is 2.30 bits per heavy atom. The number of methoxy groups -OCH3 is 1. The summed E-state index contributed by atoms with van der Waals surface area (Å²) in [4.78, 5) is 12.6. The lowest BCUT2D eigenvalue weighted by molar-refractivity contribution is -0.128. The quantitative estimate of drug-likeness (QED) is 0.650. The molecule has 140 valence electrons. The fraction of sp³-hybridized carbons (Fsp3) is 0.261. The van der Waals surface area contributed by atoms with Crippen molar-refractivity contribution in [2.24, 2.45) is 0 Å². The zero-order valence-electron chi connectivity index (χ0n) is 15.9. The van der Waals surface area contributed by atoms with Crippen LogP contribution in [-0.2, 0) is 4.79 Å². The monoisotopic (exact) mass is 363 g/mol. The summed E-state index contributed by atoms with van der Waals surface area (Å²) in [5.74, 6) is 1.35. The normalized spacial score (nSPS) is 13.0. The number of hydrogen-bond donors (Lipinski definition) is 1. The molecule has 4 nitrogen and oxygen atoms in total. The van der Waals surface area contributed by atoms with E-state index in [2.05, 4.69) is 11.4 Å². The number of carbonyl (C=O) groups excluding carboxylic acids is 1. The highest BCUT2D eigenvalue weighted by molar-refractivity contribution is 5.84. The van der Waals surface area contributed by atoms with E-state index < -0.39 is 6.10 Å². The lowest BCUT2D eigenvalue weighted by atomic mass is 10.0. The second kappa shape index (κ2) is 8.58. The van der Waals surface area contributed by atoms with Crippen molar-refractivity contribution >= 4 is 16.7 Å². The number of hydrogen-bond acceptors (Lipinski definition) is 3. The third-order valence-corrected chi connectivity index (χ3v) is 4.65.